The number of rotatable bonds is 0. The molecule has 0 aromatic rings. The summed E-state index contributed by atoms with van der Waals surface area (Å²) >= 11 is 0. The summed E-state index contributed by atoms with van der Waals surface area (Å²) < 4.78 is 0. The van der Waals surface area contributed by atoms with Crippen molar-refractivity contribution in [3.05, 3.63) is 0 Å². The van der Waals surface area contributed by atoms with Gasteiger partial charge in [-0.1, -0.05) is 26.2 Å². The zero-order valence-electron chi connectivity index (χ0n) is 6.23. The predicted octanol–water partition coefficient (Wildman–Crippen LogP) is 1.35. The average molecular weight is 193 g/mol. The van der Waals surface area contributed by atoms with E-state index in [4.69, 9.17) is 0 Å². The van der Waals surface area contributed by atoms with Crippen LogP contribution >= 0.6 is 24.8 Å². The summed E-state index contributed by atoms with van der Waals surface area (Å²) in [7, 11) is 0.833. The molecular formula is C4H18Cl2Si2. The summed E-state index contributed by atoms with van der Waals surface area (Å²) in [5, 5.41) is 0. The van der Waals surface area contributed by atoms with Gasteiger partial charge in [-0.2, -0.15) is 0 Å². The normalized spacial score (nSPS) is 4.50. The van der Waals surface area contributed by atoms with Crippen LogP contribution in [0.1, 0.15) is 0 Å². The van der Waals surface area contributed by atoms with Crippen LogP contribution in [0.4, 0.5) is 0 Å². The second kappa shape index (κ2) is 43.4. The highest BCUT2D eigenvalue weighted by atomic mass is 35.5. The Bertz CT molecular complexity index is 14.0. The molecule has 0 radical (unpaired) electrons. The van der Waals surface area contributed by atoms with Crippen molar-refractivity contribution >= 4 is 43.9 Å². The quantitative estimate of drug-likeness (QED) is 0.509. The Morgan fingerprint density at radius 3 is 0.625 bits per heavy atom. The Morgan fingerprint density at radius 1 is 0.625 bits per heavy atom. The smallest absolute Gasteiger partial charge is 0.0135 e. The third kappa shape index (κ3) is 247. The lowest BCUT2D eigenvalue weighted by Gasteiger charge is -1.45. The molecule has 0 N–H and O–H groups in total. The largest absolute Gasteiger partial charge is 0.147 e. The Hall–Kier alpha value is 1.01. The fraction of sp³-hybridized carbons (Fsp3) is 1.00. The van der Waals surface area contributed by atoms with Crippen molar-refractivity contribution in [3.8, 4) is 0 Å². The molecule has 4 heteroatoms. The average Bonchev–Trinajstić information content (AvgIpc) is 1.39. The summed E-state index contributed by atoms with van der Waals surface area (Å²) in [4.78, 5) is 0. The van der Waals surface area contributed by atoms with Crippen LogP contribution in [-0.4, -0.2) is 19.0 Å². The third-order valence-electron chi connectivity index (χ3n) is 0. The highest BCUT2D eigenvalue weighted by molar-refractivity contribution is 6.31. The molecule has 56 valence electrons. The summed E-state index contributed by atoms with van der Waals surface area (Å²) in [6.45, 7) is 9.06. The van der Waals surface area contributed by atoms with Gasteiger partial charge in [0.2, 0.25) is 0 Å². The molecule has 0 aromatic carbocycles. The van der Waals surface area contributed by atoms with Crippen molar-refractivity contribution in [2.75, 3.05) is 0 Å². The van der Waals surface area contributed by atoms with Crippen LogP contribution in [0.5, 0.6) is 0 Å². The van der Waals surface area contributed by atoms with E-state index in [2.05, 4.69) is 26.2 Å². The highest BCUT2D eigenvalue weighted by Gasteiger charge is 1.39. The number of halogens is 2. The van der Waals surface area contributed by atoms with Crippen molar-refractivity contribution in [2.24, 2.45) is 0 Å². The first-order valence-electron chi connectivity index (χ1n) is 2.83. The molecule has 0 atom stereocenters. The molecule has 0 unspecified atom stereocenters. The van der Waals surface area contributed by atoms with Gasteiger partial charge in [0.15, 0.2) is 0 Å². The zero-order valence-corrected chi connectivity index (χ0v) is 10.7. The first kappa shape index (κ1) is 23.0. The molecule has 0 fully saturated rings. The molecule has 0 heterocycles. The number of hydrogen-bond acceptors (Lipinski definition) is 0. The maximum atomic E-state index is 2.26. The van der Waals surface area contributed by atoms with Gasteiger partial charge in [-0.3, -0.25) is 0 Å². The molecule has 0 nitrogen and oxygen atoms in total. The lowest BCUT2D eigenvalue weighted by atomic mass is 11.9. The van der Waals surface area contributed by atoms with Crippen LogP contribution in [0.15, 0.2) is 0 Å². The van der Waals surface area contributed by atoms with Gasteiger partial charge in [-0.05, 0) is 0 Å². The van der Waals surface area contributed by atoms with E-state index >= 15 is 0 Å². The fourth-order valence-corrected chi connectivity index (χ4v) is 0. The molecule has 8 heavy (non-hydrogen) atoms. The van der Waals surface area contributed by atoms with Crippen LogP contribution in [0.2, 0.25) is 26.2 Å². The van der Waals surface area contributed by atoms with Crippen LogP contribution in [0.25, 0.3) is 0 Å². The molecule has 0 aromatic heterocycles. The van der Waals surface area contributed by atoms with Gasteiger partial charge >= 0.3 is 0 Å². The van der Waals surface area contributed by atoms with Crippen LogP contribution in [0.3, 0.4) is 0 Å². The Labute approximate surface area is 70.3 Å². The topological polar surface area (TPSA) is 0 Å². The lowest BCUT2D eigenvalue weighted by molar-refractivity contribution is 2.14. The van der Waals surface area contributed by atoms with Crippen molar-refractivity contribution in [1.82, 2.24) is 0 Å². The van der Waals surface area contributed by atoms with E-state index in [0.29, 0.717) is 19.0 Å². The van der Waals surface area contributed by atoms with Crippen LogP contribution in [0, 0.1) is 0 Å². The Morgan fingerprint density at radius 2 is 0.625 bits per heavy atom. The molecule has 0 rings (SSSR count). The first-order chi connectivity index (χ1) is 2.83. The maximum Gasteiger partial charge on any atom is 0.0135 e. The summed E-state index contributed by atoms with van der Waals surface area (Å²) in [6.07, 6.45) is 0. The minimum atomic E-state index is 0. The minimum Gasteiger partial charge on any atom is -0.147 e. The van der Waals surface area contributed by atoms with E-state index in [-0.39, 0.29) is 24.8 Å². The van der Waals surface area contributed by atoms with Gasteiger partial charge < -0.3 is 0 Å². The van der Waals surface area contributed by atoms with Gasteiger partial charge in [0, 0.05) is 19.0 Å². The Balaban J connectivity index is -0.0000000160. The third-order valence-corrected chi connectivity index (χ3v) is 0. The fourth-order valence-electron chi connectivity index (χ4n) is 0. The molecule has 0 saturated carbocycles. The van der Waals surface area contributed by atoms with Crippen LogP contribution in [-0.2, 0) is 0 Å². The lowest BCUT2D eigenvalue weighted by Crippen LogP contribution is -1.53. The van der Waals surface area contributed by atoms with Crippen molar-refractivity contribution in [2.45, 2.75) is 26.2 Å². The molecule has 0 aliphatic heterocycles. The van der Waals surface area contributed by atoms with Crippen LogP contribution < -0.4 is 0 Å². The van der Waals surface area contributed by atoms with Gasteiger partial charge in [0.25, 0.3) is 0 Å². The first-order valence-corrected chi connectivity index (χ1v) is 8.49. The van der Waals surface area contributed by atoms with Crippen molar-refractivity contribution in [1.29, 1.82) is 0 Å². The summed E-state index contributed by atoms with van der Waals surface area (Å²) in [6, 6.07) is 0. The molecular weight excluding hydrogens is 175 g/mol. The van der Waals surface area contributed by atoms with E-state index < -0.39 is 0 Å². The monoisotopic (exact) mass is 192 g/mol. The second-order valence-electron chi connectivity index (χ2n) is 1.41. The standard InChI is InChI=1S/2C2H8Si.2ClH/c2*1-3-2;;/h2*3H2,1-2H3;2*1H. The van der Waals surface area contributed by atoms with Gasteiger partial charge in [0.1, 0.15) is 0 Å². The van der Waals surface area contributed by atoms with E-state index in [1.54, 1.807) is 0 Å². The minimum absolute atomic E-state index is 0. The maximum absolute atomic E-state index is 2.26. The van der Waals surface area contributed by atoms with E-state index in [9.17, 15) is 0 Å². The van der Waals surface area contributed by atoms with Crippen molar-refractivity contribution in [3.63, 3.8) is 0 Å². The highest BCUT2D eigenvalue weighted by Crippen LogP contribution is 1.37. The molecule has 0 aliphatic carbocycles. The Kier molecular flexibility index (Phi) is 125. The molecule has 0 spiro atoms. The van der Waals surface area contributed by atoms with E-state index in [1.165, 1.54) is 0 Å². The van der Waals surface area contributed by atoms with Gasteiger partial charge in [0.05, 0.1) is 0 Å². The van der Waals surface area contributed by atoms with E-state index in [0.717, 1.165) is 0 Å². The molecule has 0 aliphatic rings. The predicted molar refractivity (Wildman–Crippen MR) is 55.0 cm³/mol. The molecule has 0 saturated heterocycles. The van der Waals surface area contributed by atoms with Crippen molar-refractivity contribution < 1.29 is 0 Å². The van der Waals surface area contributed by atoms with Gasteiger partial charge in [-0.25, -0.2) is 0 Å². The summed E-state index contributed by atoms with van der Waals surface area (Å²) in [5.41, 5.74) is 0. The summed E-state index contributed by atoms with van der Waals surface area (Å²) in [5.74, 6) is 0. The van der Waals surface area contributed by atoms with E-state index in [1.807, 2.05) is 0 Å². The zero-order chi connectivity index (χ0) is 5.41. The molecule has 0 bridgehead atoms. The second-order valence-corrected chi connectivity index (χ2v) is 4.24. The SMILES string of the molecule is C[SiH2]C.C[SiH2]C.Cl.Cl. The van der Waals surface area contributed by atoms with Gasteiger partial charge in [-0.15, -0.1) is 24.8 Å². The number of hydrogen-bond donors (Lipinski definition) is 0. The molecule has 0 amide bonds.